The Bertz CT molecular complexity index is 314. The summed E-state index contributed by atoms with van der Waals surface area (Å²) in [5.41, 5.74) is -0.111. The third-order valence-electron chi connectivity index (χ3n) is 1.75. The highest BCUT2D eigenvalue weighted by Gasteiger charge is 2.04. The number of hydrogen-bond acceptors (Lipinski definition) is 3. The molecule has 1 aromatic heterocycles. The van der Waals surface area contributed by atoms with E-state index < -0.39 is 0 Å². The molecule has 3 nitrogen and oxygen atoms in total. The minimum atomic E-state index is -0.111. The van der Waals surface area contributed by atoms with Gasteiger partial charge in [0.1, 0.15) is 5.76 Å². The standard InChI is InChI=1S/C10H14O3/c1-3-4-6-13-10-8(2)12-7-5-9(10)11/h5,7H,3-4,6H2,1-2H3. The first-order valence-electron chi connectivity index (χ1n) is 4.47. The van der Waals surface area contributed by atoms with Crippen LogP contribution in [-0.4, -0.2) is 6.61 Å². The zero-order valence-electron chi connectivity index (χ0n) is 8.00. The van der Waals surface area contributed by atoms with Crippen LogP contribution in [0.25, 0.3) is 0 Å². The minimum Gasteiger partial charge on any atom is -0.487 e. The van der Waals surface area contributed by atoms with Crippen LogP contribution in [0.5, 0.6) is 5.75 Å². The molecule has 3 heteroatoms. The monoisotopic (exact) mass is 182 g/mol. The van der Waals surface area contributed by atoms with E-state index in [2.05, 4.69) is 6.92 Å². The van der Waals surface area contributed by atoms with Crippen molar-refractivity contribution in [2.75, 3.05) is 6.61 Å². The lowest BCUT2D eigenvalue weighted by atomic mass is 10.3. The van der Waals surface area contributed by atoms with Crippen LogP contribution in [0.1, 0.15) is 25.5 Å². The van der Waals surface area contributed by atoms with Gasteiger partial charge in [0.05, 0.1) is 12.9 Å². The van der Waals surface area contributed by atoms with Gasteiger partial charge in [-0.3, -0.25) is 4.79 Å². The molecule has 1 rings (SSSR count). The summed E-state index contributed by atoms with van der Waals surface area (Å²) in [6.45, 7) is 4.37. The van der Waals surface area contributed by atoms with Gasteiger partial charge in [-0.1, -0.05) is 13.3 Å². The molecule has 0 radical (unpaired) electrons. The average Bonchev–Trinajstić information content (AvgIpc) is 2.10. The van der Waals surface area contributed by atoms with E-state index in [-0.39, 0.29) is 5.43 Å². The maximum atomic E-state index is 11.2. The number of rotatable bonds is 4. The van der Waals surface area contributed by atoms with E-state index in [0.717, 1.165) is 12.8 Å². The first kappa shape index (κ1) is 9.84. The van der Waals surface area contributed by atoms with Crippen molar-refractivity contribution in [2.24, 2.45) is 0 Å². The van der Waals surface area contributed by atoms with Crippen LogP contribution in [0, 0.1) is 6.92 Å². The van der Waals surface area contributed by atoms with Gasteiger partial charge in [-0.15, -0.1) is 0 Å². The molecule has 0 spiro atoms. The maximum Gasteiger partial charge on any atom is 0.226 e. The largest absolute Gasteiger partial charge is 0.487 e. The highest BCUT2D eigenvalue weighted by molar-refractivity contribution is 5.22. The first-order valence-corrected chi connectivity index (χ1v) is 4.47. The summed E-state index contributed by atoms with van der Waals surface area (Å²) in [7, 11) is 0. The van der Waals surface area contributed by atoms with E-state index in [4.69, 9.17) is 9.15 Å². The Morgan fingerprint density at radius 2 is 2.31 bits per heavy atom. The normalized spacial score (nSPS) is 10.0. The topological polar surface area (TPSA) is 39.4 Å². The molecule has 13 heavy (non-hydrogen) atoms. The van der Waals surface area contributed by atoms with Gasteiger partial charge in [0.25, 0.3) is 0 Å². The molecule has 0 aliphatic carbocycles. The Kier molecular flexibility index (Phi) is 3.55. The lowest BCUT2D eigenvalue weighted by molar-refractivity contribution is 0.290. The second kappa shape index (κ2) is 4.70. The smallest absolute Gasteiger partial charge is 0.226 e. The van der Waals surface area contributed by atoms with Crippen molar-refractivity contribution in [3.05, 3.63) is 28.3 Å². The molecule has 0 aliphatic rings. The molecule has 0 fully saturated rings. The molecule has 0 saturated carbocycles. The van der Waals surface area contributed by atoms with E-state index in [1.165, 1.54) is 12.3 Å². The summed E-state index contributed by atoms with van der Waals surface area (Å²) in [5.74, 6) is 0.888. The number of unbranched alkanes of at least 4 members (excludes halogenated alkanes) is 1. The van der Waals surface area contributed by atoms with Gasteiger partial charge >= 0.3 is 0 Å². The van der Waals surface area contributed by atoms with Gasteiger partial charge in [-0.25, -0.2) is 0 Å². The van der Waals surface area contributed by atoms with E-state index in [1.54, 1.807) is 6.92 Å². The Balaban J connectivity index is 2.70. The Morgan fingerprint density at radius 1 is 1.54 bits per heavy atom. The van der Waals surface area contributed by atoms with Crippen molar-refractivity contribution in [3.63, 3.8) is 0 Å². The molecule has 0 aliphatic heterocycles. The molecule has 0 aromatic carbocycles. The zero-order valence-corrected chi connectivity index (χ0v) is 8.00. The van der Waals surface area contributed by atoms with Crippen LogP contribution in [0.15, 0.2) is 21.5 Å². The van der Waals surface area contributed by atoms with Gasteiger partial charge in [0.2, 0.25) is 11.2 Å². The average molecular weight is 182 g/mol. The lowest BCUT2D eigenvalue weighted by Gasteiger charge is -2.05. The van der Waals surface area contributed by atoms with Crippen LogP contribution in [0.4, 0.5) is 0 Å². The molecule has 0 saturated heterocycles. The van der Waals surface area contributed by atoms with E-state index >= 15 is 0 Å². The second-order valence-electron chi connectivity index (χ2n) is 2.87. The highest BCUT2D eigenvalue weighted by atomic mass is 16.5. The number of hydrogen-bond donors (Lipinski definition) is 0. The lowest BCUT2D eigenvalue weighted by Crippen LogP contribution is -2.09. The summed E-state index contributed by atoms with van der Waals surface area (Å²) in [4.78, 5) is 11.2. The summed E-state index contributed by atoms with van der Waals surface area (Å²) in [6, 6.07) is 1.37. The third kappa shape index (κ3) is 2.61. The van der Waals surface area contributed by atoms with Gasteiger partial charge in [-0.2, -0.15) is 0 Å². The fraction of sp³-hybridized carbons (Fsp3) is 0.500. The van der Waals surface area contributed by atoms with Crippen molar-refractivity contribution >= 4 is 0 Å². The van der Waals surface area contributed by atoms with E-state index in [9.17, 15) is 4.79 Å². The molecule has 1 aromatic rings. The molecular weight excluding hydrogens is 168 g/mol. The molecule has 1 heterocycles. The SMILES string of the molecule is CCCCOc1c(C)occc1=O. The van der Waals surface area contributed by atoms with Crippen molar-refractivity contribution in [2.45, 2.75) is 26.7 Å². The summed E-state index contributed by atoms with van der Waals surface area (Å²) in [5, 5.41) is 0. The van der Waals surface area contributed by atoms with E-state index in [0.29, 0.717) is 18.1 Å². The van der Waals surface area contributed by atoms with Crippen molar-refractivity contribution < 1.29 is 9.15 Å². The molecular formula is C10H14O3. The van der Waals surface area contributed by atoms with Gasteiger partial charge < -0.3 is 9.15 Å². The number of ether oxygens (including phenoxy) is 1. The molecule has 0 bridgehead atoms. The Morgan fingerprint density at radius 3 is 2.92 bits per heavy atom. The molecule has 0 atom stereocenters. The van der Waals surface area contributed by atoms with Crippen molar-refractivity contribution in [1.82, 2.24) is 0 Å². The van der Waals surface area contributed by atoms with Crippen LogP contribution < -0.4 is 10.2 Å². The quantitative estimate of drug-likeness (QED) is 0.669. The van der Waals surface area contributed by atoms with Crippen molar-refractivity contribution in [1.29, 1.82) is 0 Å². The first-order chi connectivity index (χ1) is 6.25. The van der Waals surface area contributed by atoms with Crippen LogP contribution in [0.2, 0.25) is 0 Å². The van der Waals surface area contributed by atoms with Gasteiger partial charge in [0, 0.05) is 6.07 Å². The second-order valence-corrected chi connectivity index (χ2v) is 2.87. The summed E-state index contributed by atoms with van der Waals surface area (Å²) >= 11 is 0. The highest BCUT2D eigenvalue weighted by Crippen LogP contribution is 2.10. The molecule has 0 amide bonds. The fourth-order valence-electron chi connectivity index (χ4n) is 0.992. The summed E-state index contributed by atoms with van der Waals surface area (Å²) in [6.07, 6.45) is 3.38. The predicted molar refractivity (Wildman–Crippen MR) is 50.1 cm³/mol. The maximum absolute atomic E-state index is 11.2. The van der Waals surface area contributed by atoms with Gasteiger partial charge in [-0.05, 0) is 13.3 Å². The molecule has 72 valence electrons. The molecule has 0 unspecified atom stereocenters. The molecule has 0 N–H and O–H groups in total. The van der Waals surface area contributed by atoms with Crippen LogP contribution in [-0.2, 0) is 0 Å². The van der Waals surface area contributed by atoms with Gasteiger partial charge in [0.15, 0.2) is 0 Å². The number of aryl methyl sites for hydroxylation is 1. The fourth-order valence-corrected chi connectivity index (χ4v) is 0.992. The van der Waals surface area contributed by atoms with E-state index in [1.807, 2.05) is 0 Å². The van der Waals surface area contributed by atoms with Crippen LogP contribution >= 0.6 is 0 Å². The predicted octanol–water partition coefficient (Wildman–Crippen LogP) is 2.13. The van der Waals surface area contributed by atoms with Crippen LogP contribution in [0.3, 0.4) is 0 Å². The zero-order chi connectivity index (χ0) is 9.68. The Labute approximate surface area is 77.3 Å². The summed E-state index contributed by atoms with van der Waals surface area (Å²) < 4.78 is 10.3. The third-order valence-corrected chi connectivity index (χ3v) is 1.75. The van der Waals surface area contributed by atoms with Crippen molar-refractivity contribution in [3.8, 4) is 5.75 Å². The Hall–Kier alpha value is -1.25. The minimum absolute atomic E-state index is 0.111.